The van der Waals surface area contributed by atoms with Gasteiger partial charge in [0.1, 0.15) is 17.3 Å². The number of phenols is 1. The highest BCUT2D eigenvalue weighted by molar-refractivity contribution is 5.51. The number of ether oxygens (including phenoxy) is 1. The third kappa shape index (κ3) is 4.58. The summed E-state index contributed by atoms with van der Waals surface area (Å²) in [6.07, 6.45) is 7.56. The van der Waals surface area contributed by atoms with E-state index in [1.807, 2.05) is 24.3 Å². The van der Waals surface area contributed by atoms with Crippen molar-refractivity contribution in [1.82, 2.24) is 4.90 Å². The number of aliphatic hydroxyl groups is 1. The maximum Gasteiger partial charge on any atom is 0.150 e. The van der Waals surface area contributed by atoms with Gasteiger partial charge in [0.25, 0.3) is 0 Å². The molecule has 0 radical (unpaired) electrons. The lowest BCUT2D eigenvalue weighted by Gasteiger charge is -2.53. The molecule has 2 aromatic carbocycles. The molecule has 4 aliphatic rings. The van der Waals surface area contributed by atoms with Gasteiger partial charge in [-0.2, -0.15) is 0 Å². The average molecular weight is 523 g/mol. The van der Waals surface area contributed by atoms with E-state index in [0.717, 1.165) is 71.2 Å². The van der Waals surface area contributed by atoms with Crippen LogP contribution in [-0.4, -0.2) is 61.1 Å². The quantitative estimate of drug-likeness (QED) is 0.518. The molecule has 6 unspecified atom stereocenters. The molecule has 3 aliphatic carbocycles. The number of hydrogen-bond donors (Lipinski definition) is 2. The van der Waals surface area contributed by atoms with Gasteiger partial charge in [0, 0.05) is 32.2 Å². The Balaban J connectivity index is 1.10. The minimum atomic E-state index is -0.215. The molecule has 2 saturated carbocycles. The van der Waals surface area contributed by atoms with Crippen molar-refractivity contribution in [2.24, 2.45) is 23.2 Å². The van der Waals surface area contributed by atoms with Crippen molar-refractivity contribution < 1.29 is 19.3 Å². The fraction of sp³-hybridized carbons (Fsp3) is 0.625. The van der Waals surface area contributed by atoms with Crippen LogP contribution in [0.5, 0.6) is 11.5 Å². The number of hydrogen-bond acceptors (Lipinski definition) is 5. The molecule has 6 atom stereocenters. The summed E-state index contributed by atoms with van der Waals surface area (Å²) >= 11 is 0. The second-order valence-electron chi connectivity index (χ2n) is 12.6. The van der Waals surface area contributed by atoms with Gasteiger partial charge in [-0.1, -0.05) is 13.0 Å². The number of fused-ring (bicyclic) bond motifs is 5. The number of nitrogens with zero attached hydrogens (tertiary/aromatic N) is 2. The molecule has 1 aliphatic heterocycles. The van der Waals surface area contributed by atoms with Gasteiger partial charge in [-0.15, -0.1) is 0 Å². The maximum atomic E-state index is 14.6. The van der Waals surface area contributed by atoms with E-state index in [2.05, 4.69) is 22.8 Å². The second kappa shape index (κ2) is 10.3. The van der Waals surface area contributed by atoms with Crippen molar-refractivity contribution in [1.29, 1.82) is 0 Å². The predicted octanol–water partition coefficient (Wildman–Crippen LogP) is 5.59. The summed E-state index contributed by atoms with van der Waals surface area (Å²) in [6.45, 7) is 6.99. The van der Waals surface area contributed by atoms with Crippen molar-refractivity contribution in [2.45, 2.75) is 63.9 Å². The minimum Gasteiger partial charge on any atom is -0.508 e. The molecule has 206 valence electrons. The molecular weight excluding hydrogens is 479 g/mol. The van der Waals surface area contributed by atoms with Crippen molar-refractivity contribution in [3.05, 3.63) is 53.3 Å². The fourth-order valence-electron chi connectivity index (χ4n) is 8.69. The van der Waals surface area contributed by atoms with Gasteiger partial charge in [-0.25, -0.2) is 4.39 Å². The maximum absolute atomic E-state index is 14.6. The minimum absolute atomic E-state index is 0.0564. The zero-order valence-electron chi connectivity index (χ0n) is 22.9. The number of aromatic hydroxyl groups is 1. The average Bonchev–Trinajstić information content (AvgIpc) is 3.22. The van der Waals surface area contributed by atoms with Gasteiger partial charge in [-0.05, 0) is 116 Å². The Morgan fingerprint density at radius 2 is 1.87 bits per heavy atom. The first kappa shape index (κ1) is 25.9. The van der Waals surface area contributed by atoms with E-state index in [-0.39, 0.29) is 17.3 Å². The van der Waals surface area contributed by atoms with Crippen LogP contribution >= 0.6 is 0 Å². The normalized spacial score (nSPS) is 32.9. The van der Waals surface area contributed by atoms with Crippen LogP contribution in [0.3, 0.4) is 0 Å². The Bertz CT molecular complexity index is 1150. The molecule has 6 heteroatoms. The summed E-state index contributed by atoms with van der Waals surface area (Å²) in [5.41, 5.74) is 3.52. The molecule has 3 fully saturated rings. The van der Waals surface area contributed by atoms with E-state index in [9.17, 15) is 14.6 Å². The first-order chi connectivity index (χ1) is 18.4. The number of piperazine rings is 1. The van der Waals surface area contributed by atoms with Crippen LogP contribution in [0.15, 0.2) is 36.4 Å². The summed E-state index contributed by atoms with van der Waals surface area (Å²) < 4.78 is 19.7. The van der Waals surface area contributed by atoms with E-state index in [0.29, 0.717) is 40.9 Å². The molecule has 5 nitrogen and oxygen atoms in total. The Hall–Kier alpha value is -2.31. The second-order valence-corrected chi connectivity index (χ2v) is 12.6. The zero-order valence-corrected chi connectivity index (χ0v) is 22.9. The summed E-state index contributed by atoms with van der Waals surface area (Å²) in [5, 5.41) is 21.1. The zero-order chi connectivity index (χ0) is 26.4. The summed E-state index contributed by atoms with van der Waals surface area (Å²) in [4.78, 5) is 4.68. The van der Waals surface area contributed by atoms with Crippen molar-refractivity contribution in [3.63, 3.8) is 0 Å². The first-order valence-electron chi connectivity index (χ1n) is 14.7. The van der Waals surface area contributed by atoms with Gasteiger partial charge in [-0.3, -0.25) is 4.90 Å². The number of benzene rings is 2. The van der Waals surface area contributed by atoms with E-state index >= 15 is 0 Å². The molecule has 6 rings (SSSR count). The Morgan fingerprint density at radius 1 is 1.05 bits per heavy atom. The summed E-state index contributed by atoms with van der Waals surface area (Å²) in [7, 11) is 1.56. The molecule has 38 heavy (non-hydrogen) atoms. The van der Waals surface area contributed by atoms with Crippen molar-refractivity contribution >= 4 is 5.69 Å². The molecule has 1 saturated heterocycles. The molecule has 1 heterocycles. The van der Waals surface area contributed by atoms with Gasteiger partial charge in [0.15, 0.2) is 0 Å². The van der Waals surface area contributed by atoms with E-state index in [1.165, 1.54) is 23.6 Å². The van der Waals surface area contributed by atoms with Crippen LogP contribution in [0.4, 0.5) is 10.1 Å². The number of methoxy groups -OCH3 is 1. The third-order valence-corrected chi connectivity index (χ3v) is 10.8. The van der Waals surface area contributed by atoms with Gasteiger partial charge < -0.3 is 19.8 Å². The molecule has 2 aromatic rings. The molecule has 0 aromatic heterocycles. The van der Waals surface area contributed by atoms with Gasteiger partial charge in [0.05, 0.1) is 18.9 Å². The van der Waals surface area contributed by atoms with Crippen LogP contribution in [0.1, 0.15) is 62.5 Å². The number of halogens is 1. The Kier molecular flexibility index (Phi) is 7.06. The molecule has 0 bridgehead atoms. The van der Waals surface area contributed by atoms with Crippen LogP contribution in [0.25, 0.3) is 0 Å². The Labute approximate surface area is 226 Å². The first-order valence-corrected chi connectivity index (χ1v) is 14.7. The lowest BCUT2D eigenvalue weighted by atomic mass is 9.52. The largest absolute Gasteiger partial charge is 0.508 e. The van der Waals surface area contributed by atoms with Crippen LogP contribution in [0, 0.1) is 29.0 Å². The summed E-state index contributed by atoms with van der Waals surface area (Å²) in [6, 6.07) is 11.2. The van der Waals surface area contributed by atoms with Crippen LogP contribution < -0.4 is 9.64 Å². The topological polar surface area (TPSA) is 56.2 Å². The van der Waals surface area contributed by atoms with Gasteiger partial charge in [0.2, 0.25) is 0 Å². The highest BCUT2D eigenvalue weighted by Gasteiger charge is 2.56. The van der Waals surface area contributed by atoms with Crippen molar-refractivity contribution in [2.75, 3.05) is 44.7 Å². The monoisotopic (exact) mass is 522 g/mol. The fourth-order valence-corrected chi connectivity index (χ4v) is 8.69. The molecule has 2 N–H and O–H groups in total. The number of phenolic OH excluding ortho intramolecular Hbond substituents is 1. The lowest BCUT2D eigenvalue weighted by molar-refractivity contribution is -0.0398. The summed E-state index contributed by atoms with van der Waals surface area (Å²) in [5.74, 6) is 3.08. The third-order valence-electron chi connectivity index (χ3n) is 10.8. The van der Waals surface area contributed by atoms with Crippen molar-refractivity contribution in [3.8, 4) is 11.5 Å². The van der Waals surface area contributed by atoms with E-state index in [1.54, 1.807) is 7.11 Å². The van der Waals surface area contributed by atoms with Crippen LogP contribution in [-0.2, 0) is 6.42 Å². The molecule has 0 spiro atoms. The predicted molar refractivity (Wildman–Crippen MR) is 148 cm³/mol. The Morgan fingerprint density at radius 3 is 2.63 bits per heavy atom. The highest BCUT2D eigenvalue weighted by atomic mass is 19.1. The molecule has 0 amide bonds. The SMILES string of the molecule is COc1ccc(N2CCN(CCCC3Cc4cc(O)ccc4C4CCC5(C)C(O)CCC5C34)CC2)c(F)c1. The molecular formula is C32H43FN2O3. The standard InChI is InChI=1S/C32H43FN2O3/c1-32-12-11-26-25-7-5-23(36)19-22(25)18-21(31(26)27(32)8-10-30(32)37)4-3-13-34-14-16-35(17-15-34)29-9-6-24(38-2)20-28(29)33/h5-7,9,19-21,26-27,30-31,36-37H,3-4,8,10-18H2,1-2H3. The highest BCUT2D eigenvalue weighted by Crippen LogP contribution is 2.62. The van der Waals surface area contributed by atoms with Gasteiger partial charge >= 0.3 is 0 Å². The van der Waals surface area contributed by atoms with E-state index < -0.39 is 0 Å². The van der Waals surface area contributed by atoms with E-state index in [4.69, 9.17) is 4.74 Å². The lowest BCUT2D eigenvalue weighted by Crippen LogP contribution is -2.48. The smallest absolute Gasteiger partial charge is 0.150 e. The number of rotatable bonds is 6. The van der Waals surface area contributed by atoms with Crippen LogP contribution in [0.2, 0.25) is 0 Å². The number of aliphatic hydroxyl groups excluding tert-OH is 1. The number of anilines is 1.